The summed E-state index contributed by atoms with van der Waals surface area (Å²) in [5, 5.41) is 0. The topological polar surface area (TPSA) is 82.1 Å². The van der Waals surface area contributed by atoms with Crippen molar-refractivity contribution in [3.8, 4) is 17.2 Å². The molecule has 1 fully saturated rings. The second kappa shape index (κ2) is 6.86. The van der Waals surface area contributed by atoms with Gasteiger partial charge in [0.1, 0.15) is 5.75 Å². The first-order chi connectivity index (χ1) is 13.0. The van der Waals surface area contributed by atoms with Crippen molar-refractivity contribution in [2.24, 2.45) is 0 Å². The molecule has 27 heavy (non-hydrogen) atoms. The van der Waals surface area contributed by atoms with Gasteiger partial charge < -0.3 is 14.2 Å². The van der Waals surface area contributed by atoms with Crippen molar-refractivity contribution in [3.05, 3.63) is 48.0 Å². The monoisotopic (exact) mass is 389 g/mol. The van der Waals surface area contributed by atoms with Gasteiger partial charge in [-0.25, -0.2) is 8.42 Å². The minimum atomic E-state index is -3.82. The van der Waals surface area contributed by atoms with E-state index in [1.807, 2.05) is 0 Å². The lowest BCUT2D eigenvalue weighted by Gasteiger charge is -2.23. The van der Waals surface area contributed by atoms with Crippen LogP contribution in [0.15, 0.2) is 47.4 Å². The number of hydrogen-bond donors (Lipinski definition) is 0. The molecule has 2 aliphatic rings. The van der Waals surface area contributed by atoms with Crippen LogP contribution in [-0.2, 0) is 10.0 Å². The molecule has 1 atom stereocenters. The molecular weight excluding hydrogens is 370 g/mol. The summed E-state index contributed by atoms with van der Waals surface area (Å²) in [6.45, 7) is 0.379. The fourth-order valence-corrected chi connectivity index (χ4v) is 5.08. The Balaban J connectivity index is 1.62. The van der Waals surface area contributed by atoms with Crippen LogP contribution < -0.4 is 14.2 Å². The maximum absolute atomic E-state index is 13.1. The zero-order valence-electron chi connectivity index (χ0n) is 14.8. The number of carbonyl (C=O) groups is 1. The minimum Gasteiger partial charge on any atom is -0.497 e. The van der Waals surface area contributed by atoms with E-state index in [1.165, 1.54) is 16.4 Å². The van der Waals surface area contributed by atoms with Gasteiger partial charge in [0.15, 0.2) is 17.3 Å². The fourth-order valence-electron chi connectivity index (χ4n) is 3.41. The predicted octanol–water partition coefficient (Wildman–Crippen LogP) is 2.46. The van der Waals surface area contributed by atoms with Gasteiger partial charge in [0.2, 0.25) is 16.8 Å². The number of methoxy groups -OCH3 is 1. The molecule has 0 saturated carbocycles. The summed E-state index contributed by atoms with van der Waals surface area (Å²) in [6, 6.07) is 10.5. The molecule has 0 amide bonds. The highest BCUT2D eigenvalue weighted by Crippen LogP contribution is 2.36. The van der Waals surface area contributed by atoms with Gasteiger partial charge in [-0.05, 0) is 49.2 Å². The molecule has 0 aliphatic carbocycles. The van der Waals surface area contributed by atoms with Crippen molar-refractivity contribution in [3.63, 3.8) is 0 Å². The standard InChI is InChI=1S/C19H19NO6S/c1-24-14-6-4-13(5-7-14)19(21)16-3-2-10-20(16)27(22,23)15-8-9-17-18(11-15)26-12-25-17/h4-9,11,16H,2-3,10,12H2,1H3. The average molecular weight is 389 g/mol. The van der Waals surface area contributed by atoms with Gasteiger partial charge in [-0.2, -0.15) is 4.31 Å². The normalized spacial score (nSPS) is 19.2. The molecule has 1 saturated heterocycles. The zero-order valence-corrected chi connectivity index (χ0v) is 15.6. The molecular formula is C19H19NO6S. The van der Waals surface area contributed by atoms with E-state index < -0.39 is 16.1 Å². The largest absolute Gasteiger partial charge is 0.497 e. The van der Waals surface area contributed by atoms with Gasteiger partial charge in [-0.3, -0.25) is 4.79 Å². The van der Waals surface area contributed by atoms with Crippen LogP contribution in [0.25, 0.3) is 0 Å². The second-order valence-corrected chi connectivity index (χ2v) is 8.27. The molecule has 142 valence electrons. The van der Waals surface area contributed by atoms with E-state index in [1.54, 1.807) is 37.4 Å². The van der Waals surface area contributed by atoms with Gasteiger partial charge in [-0.1, -0.05) is 0 Å². The van der Waals surface area contributed by atoms with Gasteiger partial charge in [0.05, 0.1) is 18.0 Å². The number of hydrogen-bond acceptors (Lipinski definition) is 6. The first kappa shape index (κ1) is 17.8. The van der Waals surface area contributed by atoms with E-state index in [9.17, 15) is 13.2 Å². The number of ketones is 1. The Morgan fingerprint density at radius 2 is 1.85 bits per heavy atom. The zero-order chi connectivity index (χ0) is 19.0. The quantitative estimate of drug-likeness (QED) is 0.731. The Hall–Kier alpha value is -2.58. The Morgan fingerprint density at radius 3 is 2.59 bits per heavy atom. The van der Waals surface area contributed by atoms with Gasteiger partial charge in [0.25, 0.3) is 0 Å². The van der Waals surface area contributed by atoms with E-state index in [0.29, 0.717) is 42.2 Å². The van der Waals surface area contributed by atoms with Crippen LogP contribution in [0, 0.1) is 0 Å². The van der Waals surface area contributed by atoms with Crippen LogP contribution in [0.5, 0.6) is 17.2 Å². The van der Waals surface area contributed by atoms with Crippen LogP contribution in [0.2, 0.25) is 0 Å². The van der Waals surface area contributed by atoms with Crippen LogP contribution in [0.3, 0.4) is 0 Å². The number of nitrogens with zero attached hydrogens (tertiary/aromatic N) is 1. The molecule has 1 unspecified atom stereocenters. The number of rotatable bonds is 5. The number of Topliss-reactive ketones (excluding diaryl/α,β-unsaturated/α-hetero) is 1. The molecule has 8 heteroatoms. The minimum absolute atomic E-state index is 0.0706. The van der Waals surface area contributed by atoms with Crippen LogP contribution in [0.4, 0.5) is 0 Å². The van der Waals surface area contributed by atoms with Crippen LogP contribution >= 0.6 is 0 Å². The Labute approximate surface area is 157 Å². The van der Waals surface area contributed by atoms with Gasteiger partial charge in [-0.15, -0.1) is 0 Å². The summed E-state index contributed by atoms with van der Waals surface area (Å²) in [6.07, 6.45) is 1.13. The lowest BCUT2D eigenvalue weighted by molar-refractivity contribution is 0.0918. The fraction of sp³-hybridized carbons (Fsp3) is 0.316. The maximum atomic E-state index is 13.1. The Kier molecular flexibility index (Phi) is 4.53. The second-order valence-electron chi connectivity index (χ2n) is 6.38. The molecule has 4 rings (SSSR count). The summed E-state index contributed by atoms with van der Waals surface area (Å²) < 4.78 is 43.2. The number of benzene rings is 2. The number of carbonyl (C=O) groups excluding carboxylic acids is 1. The van der Waals surface area contributed by atoms with Crippen molar-refractivity contribution in [2.45, 2.75) is 23.8 Å². The number of ether oxygens (including phenoxy) is 3. The van der Waals surface area contributed by atoms with E-state index in [-0.39, 0.29) is 17.5 Å². The Bertz CT molecular complexity index is 970. The third-order valence-corrected chi connectivity index (χ3v) is 6.74. The van der Waals surface area contributed by atoms with Gasteiger partial charge >= 0.3 is 0 Å². The molecule has 2 heterocycles. The molecule has 0 radical (unpaired) electrons. The Morgan fingerprint density at radius 1 is 1.11 bits per heavy atom. The highest BCUT2D eigenvalue weighted by molar-refractivity contribution is 7.89. The van der Waals surface area contributed by atoms with E-state index in [4.69, 9.17) is 14.2 Å². The molecule has 0 spiro atoms. The lowest BCUT2D eigenvalue weighted by atomic mass is 10.0. The van der Waals surface area contributed by atoms with Crippen molar-refractivity contribution in [1.82, 2.24) is 4.31 Å². The first-order valence-electron chi connectivity index (χ1n) is 8.60. The molecule has 0 N–H and O–H groups in total. The van der Waals surface area contributed by atoms with E-state index in [2.05, 4.69) is 0 Å². The predicted molar refractivity (Wildman–Crippen MR) is 96.8 cm³/mol. The highest BCUT2D eigenvalue weighted by atomic mass is 32.2. The molecule has 0 bridgehead atoms. The van der Waals surface area contributed by atoms with Crippen molar-refractivity contribution >= 4 is 15.8 Å². The van der Waals surface area contributed by atoms with Gasteiger partial charge in [0, 0.05) is 18.2 Å². The van der Waals surface area contributed by atoms with Crippen molar-refractivity contribution in [2.75, 3.05) is 20.4 Å². The molecule has 7 nitrogen and oxygen atoms in total. The van der Waals surface area contributed by atoms with Crippen molar-refractivity contribution in [1.29, 1.82) is 0 Å². The summed E-state index contributed by atoms with van der Waals surface area (Å²) in [5.41, 5.74) is 0.466. The highest BCUT2D eigenvalue weighted by Gasteiger charge is 2.40. The summed E-state index contributed by atoms with van der Waals surface area (Å²) >= 11 is 0. The number of fused-ring (bicyclic) bond motifs is 1. The lowest BCUT2D eigenvalue weighted by Crippen LogP contribution is -2.40. The third kappa shape index (κ3) is 3.15. The van der Waals surface area contributed by atoms with E-state index >= 15 is 0 Å². The maximum Gasteiger partial charge on any atom is 0.243 e. The summed E-state index contributed by atoms with van der Waals surface area (Å²) in [4.78, 5) is 13.0. The SMILES string of the molecule is COc1ccc(C(=O)C2CCCN2S(=O)(=O)c2ccc3c(c2)OCO3)cc1. The molecule has 0 aromatic heterocycles. The smallest absolute Gasteiger partial charge is 0.243 e. The number of sulfonamides is 1. The average Bonchev–Trinajstić information content (AvgIpc) is 3.36. The summed E-state index contributed by atoms with van der Waals surface area (Å²) in [7, 11) is -2.27. The van der Waals surface area contributed by atoms with E-state index in [0.717, 1.165) is 0 Å². The summed E-state index contributed by atoms with van der Waals surface area (Å²) in [5.74, 6) is 1.34. The van der Waals surface area contributed by atoms with Crippen LogP contribution in [0.1, 0.15) is 23.2 Å². The third-order valence-electron chi connectivity index (χ3n) is 4.83. The first-order valence-corrected chi connectivity index (χ1v) is 10.0. The van der Waals surface area contributed by atoms with Crippen molar-refractivity contribution < 1.29 is 27.4 Å². The van der Waals surface area contributed by atoms with Crippen LogP contribution in [-0.4, -0.2) is 45.0 Å². The molecule has 2 aromatic rings. The molecule has 2 aliphatic heterocycles. The molecule has 2 aromatic carbocycles.